The minimum atomic E-state index is -0.660. The SMILES string of the molecule is CC(C)(C)CC(N)C(=O)NC1(C#N)CCCC1. The first kappa shape index (κ1) is 14.0. The average molecular weight is 237 g/mol. The van der Waals surface area contributed by atoms with E-state index >= 15 is 0 Å². The molecule has 96 valence electrons. The lowest BCUT2D eigenvalue weighted by molar-refractivity contribution is -0.124. The summed E-state index contributed by atoms with van der Waals surface area (Å²) in [5.41, 5.74) is 5.23. The Morgan fingerprint density at radius 1 is 1.47 bits per heavy atom. The van der Waals surface area contributed by atoms with Crippen LogP contribution in [-0.2, 0) is 4.79 Å². The molecule has 3 N–H and O–H groups in total. The number of hydrogen-bond donors (Lipinski definition) is 2. The summed E-state index contributed by atoms with van der Waals surface area (Å²) in [7, 11) is 0. The quantitative estimate of drug-likeness (QED) is 0.784. The van der Waals surface area contributed by atoms with Crippen molar-refractivity contribution < 1.29 is 4.79 Å². The lowest BCUT2D eigenvalue weighted by Gasteiger charge is -2.27. The third-order valence-corrected chi connectivity index (χ3v) is 3.20. The van der Waals surface area contributed by atoms with Crippen LogP contribution in [0, 0.1) is 16.7 Å². The second kappa shape index (κ2) is 5.05. The zero-order chi connectivity index (χ0) is 13.1. The van der Waals surface area contributed by atoms with Crippen molar-refractivity contribution in [3.8, 4) is 6.07 Å². The van der Waals surface area contributed by atoms with Crippen LogP contribution >= 0.6 is 0 Å². The van der Waals surface area contributed by atoms with Gasteiger partial charge in [-0.15, -0.1) is 0 Å². The van der Waals surface area contributed by atoms with E-state index in [4.69, 9.17) is 5.73 Å². The van der Waals surface area contributed by atoms with Crippen LogP contribution in [0.1, 0.15) is 52.9 Å². The van der Waals surface area contributed by atoms with Gasteiger partial charge in [0.25, 0.3) is 0 Å². The number of nitriles is 1. The molecule has 1 atom stereocenters. The Balaban J connectivity index is 2.57. The Kier molecular flexibility index (Phi) is 4.16. The van der Waals surface area contributed by atoms with Crippen molar-refractivity contribution in [2.75, 3.05) is 0 Å². The topological polar surface area (TPSA) is 78.9 Å². The Morgan fingerprint density at radius 3 is 2.41 bits per heavy atom. The fourth-order valence-electron chi connectivity index (χ4n) is 2.32. The number of carbonyl (C=O) groups excluding carboxylic acids is 1. The van der Waals surface area contributed by atoms with Crippen molar-refractivity contribution in [2.45, 2.75) is 64.5 Å². The molecule has 1 rings (SSSR count). The summed E-state index contributed by atoms with van der Waals surface area (Å²) in [5, 5.41) is 12.0. The van der Waals surface area contributed by atoms with E-state index in [1.54, 1.807) is 0 Å². The van der Waals surface area contributed by atoms with E-state index < -0.39 is 11.6 Å². The number of amides is 1. The first-order valence-electron chi connectivity index (χ1n) is 6.27. The molecular formula is C13H23N3O. The molecule has 0 radical (unpaired) electrons. The minimum Gasteiger partial charge on any atom is -0.336 e. The Morgan fingerprint density at radius 2 is 2.00 bits per heavy atom. The van der Waals surface area contributed by atoms with Gasteiger partial charge in [-0.1, -0.05) is 20.8 Å². The second-order valence-electron chi connectivity index (χ2n) is 6.26. The van der Waals surface area contributed by atoms with Crippen LogP contribution in [0.4, 0.5) is 0 Å². The van der Waals surface area contributed by atoms with Gasteiger partial charge in [0, 0.05) is 0 Å². The molecule has 4 nitrogen and oxygen atoms in total. The maximum absolute atomic E-state index is 12.0. The second-order valence-corrected chi connectivity index (χ2v) is 6.26. The molecule has 0 heterocycles. The first-order valence-corrected chi connectivity index (χ1v) is 6.27. The maximum atomic E-state index is 12.0. The number of carbonyl (C=O) groups is 1. The van der Waals surface area contributed by atoms with E-state index in [1.807, 2.05) is 0 Å². The number of hydrogen-bond acceptors (Lipinski definition) is 3. The van der Waals surface area contributed by atoms with E-state index in [0.717, 1.165) is 25.7 Å². The normalized spacial score (nSPS) is 20.6. The van der Waals surface area contributed by atoms with Crippen LogP contribution in [0.3, 0.4) is 0 Å². The molecule has 4 heteroatoms. The van der Waals surface area contributed by atoms with Crippen LogP contribution in [-0.4, -0.2) is 17.5 Å². The fraction of sp³-hybridized carbons (Fsp3) is 0.846. The monoisotopic (exact) mass is 237 g/mol. The lowest BCUT2D eigenvalue weighted by Crippen LogP contribution is -2.52. The Labute approximate surface area is 104 Å². The zero-order valence-corrected chi connectivity index (χ0v) is 11.0. The lowest BCUT2D eigenvalue weighted by atomic mass is 9.87. The highest BCUT2D eigenvalue weighted by Crippen LogP contribution is 2.29. The summed E-state index contributed by atoms with van der Waals surface area (Å²) in [4.78, 5) is 12.0. The van der Waals surface area contributed by atoms with Crippen LogP contribution in [0.25, 0.3) is 0 Å². The number of nitrogens with two attached hydrogens (primary N) is 1. The summed E-state index contributed by atoms with van der Waals surface area (Å²) in [5.74, 6) is -0.191. The molecule has 1 fully saturated rings. The van der Waals surface area contributed by atoms with Crippen molar-refractivity contribution in [1.29, 1.82) is 5.26 Å². The summed E-state index contributed by atoms with van der Waals surface area (Å²) in [6.07, 6.45) is 4.12. The summed E-state index contributed by atoms with van der Waals surface area (Å²) < 4.78 is 0. The summed E-state index contributed by atoms with van der Waals surface area (Å²) in [6.45, 7) is 6.15. The highest BCUT2D eigenvalue weighted by atomic mass is 16.2. The summed E-state index contributed by atoms with van der Waals surface area (Å²) >= 11 is 0. The molecule has 0 spiro atoms. The van der Waals surface area contributed by atoms with Crippen LogP contribution in [0.5, 0.6) is 0 Å². The van der Waals surface area contributed by atoms with Crippen molar-refractivity contribution in [1.82, 2.24) is 5.32 Å². The van der Waals surface area contributed by atoms with Gasteiger partial charge in [-0.3, -0.25) is 4.79 Å². The van der Waals surface area contributed by atoms with Gasteiger partial charge >= 0.3 is 0 Å². The smallest absolute Gasteiger partial charge is 0.238 e. The molecule has 17 heavy (non-hydrogen) atoms. The predicted molar refractivity (Wildman–Crippen MR) is 67.0 cm³/mol. The molecular weight excluding hydrogens is 214 g/mol. The van der Waals surface area contributed by atoms with Crippen molar-refractivity contribution in [2.24, 2.45) is 11.1 Å². The molecule has 1 amide bonds. The molecule has 1 unspecified atom stereocenters. The fourth-order valence-corrected chi connectivity index (χ4v) is 2.32. The van der Waals surface area contributed by atoms with Gasteiger partial charge in [0.05, 0.1) is 12.1 Å². The molecule has 1 saturated carbocycles. The minimum absolute atomic E-state index is 0.0201. The molecule has 1 aliphatic carbocycles. The zero-order valence-electron chi connectivity index (χ0n) is 11.0. The first-order chi connectivity index (χ1) is 7.78. The number of nitrogens with zero attached hydrogens (tertiary/aromatic N) is 1. The number of rotatable bonds is 3. The van der Waals surface area contributed by atoms with Gasteiger partial charge in [0.15, 0.2) is 0 Å². The van der Waals surface area contributed by atoms with Gasteiger partial charge in [-0.05, 0) is 37.5 Å². The third kappa shape index (κ3) is 4.01. The van der Waals surface area contributed by atoms with E-state index in [9.17, 15) is 10.1 Å². The highest BCUT2D eigenvalue weighted by Gasteiger charge is 2.36. The maximum Gasteiger partial charge on any atom is 0.238 e. The molecule has 0 aromatic carbocycles. The van der Waals surface area contributed by atoms with E-state index in [1.165, 1.54) is 0 Å². The van der Waals surface area contributed by atoms with Gasteiger partial charge in [0.1, 0.15) is 5.54 Å². The van der Waals surface area contributed by atoms with Gasteiger partial charge < -0.3 is 11.1 Å². The van der Waals surface area contributed by atoms with E-state index in [-0.39, 0.29) is 11.3 Å². The van der Waals surface area contributed by atoms with E-state index in [2.05, 4.69) is 32.2 Å². The van der Waals surface area contributed by atoms with Crippen molar-refractivity contribution in [3.05, 3.63) is 0 Å². The van der Waals surface area contributed by atoms with Gasteiger partial charge in [0.2, 0.25) is 5.91 Å². The van der Waals surface area contributed by atoms with Crippen LogP contribution < -0.4 is 11.1 Å². The van der Waals surface area contributed by atoms with Crippen LogP contribution in [0.2, 0.25) is 0 Å². The van der Waals surface area contributed by atoms with Gasteiger partial charge in [-0.2, -0.15) is 5.26 Å². The molecule has 0 aliphatic heterocycles. The molecule has 0 bridgehead atoms. The standard InChI is InChI=1S/C13H23N3O/c1-12(2,3)8-10(15)11(17)16-13(9-14)6-4-5-7-13/h10H,4-8,15H2,1-3H3,(H,16,17). The number of nitrogens with one attached hydrogen (secondary N) is 1. The third-order valence-electron chi connectivity index (χ3n) is 3.20. The highest BCUT2D eigenvalue weighted by molar-refractivity contribution is 5.82. The average Bonchev–Trinajstić information content (AvgIpc) is 2.64. The molecule has 1 aliphatic rings. The Bertz CT molecular complexity index is 319. The van der Waals surface area contributed by atoms with Crippen molar-refractivity contribution in [3.63, 3.8) is 0 Å². The van der Waals surface area contributed by atoms with Crippen LogP contribution in [0.15, 0.2) is 0 Å². The molecule has 0 aromatic heterocycles. The van der Waals surface area contributed by atoms with Crippen molar-refractivity contribution >= 4 is 5.91 Å². The van der Waals surface area contributed by atoms with E-state index in [0.29, 0.717) is 6.42 Å². The Hall–Kier alpha value is -1.08. The predicted octanol–water partition coefficient (Wildman–Crippen LogP) is 1.70. The largest absolute Gasteiger partial charge is 0.336 e. The van der Waals surface area contributed by atoms with Gasteiger partial charge in [-0.25, -0.2) is 0 Å². The summed E-state index contributed by atoms with van der Waals surface area (Å²) in [6, 6.07) is 1.71. The molecule has 0 aromatic rings. The molecule has 0 saturated heterocycles.